The molecule has 2 aromatic carbocycles. The third-order valence-electron chi connectivity index (χ3n) is 4.87. The number of ether oxygens (including phenoxy) is 1. The molecule has 0 radical (unpaired) electrons. The number of nitrogens with zero attached hydrogens (tertiary/aromatic N) is 2. The number of morpholine rings is 1. The Morgan fingerprint density at radius 3 is 2.12 bits per heavy atom. The Bertz CT molecular complexity index is 835. The average molecular weight is 338 g/mol. The first-order valence-electron chi connectivity index (χ1n) is 8.36. The molecule has 128 valence electrons. The highest BCUT2D eigenvalue weighted by molar-refractivity contribution is 6.26. The third kappa shape index (κ3) is 2.41. The van der Waals surface area contributed by atoms with Gasteiger partial charge >= 0.3 is 0 Å². The molecule has 2 aliphatic rings. The molecule has 0 bridgehead atoms. The van der Waals surface area contributed by atoms with Crippen molar-refractivity contribution in [3.63, 3.8) is 0 Å². The number of benzene rings is 2. The van der Waals surface area contributed by atoms with Crippen molar-refractivity contribution >= 4 is 28.5 Å². The molecule has 0 saturated carbocycles. The molecule has 0 unspecified atom stereocenters. The average Bonchev–Trinajstić information content (AvgIpc) is 2.66. The topological polar surface area (TPSA) is 66.9 Å². The summed E-state index contributed by atoms with van der Waals surface area (Å²) in [7, 11) is 0. The van der Waals surface area contributed by atoms with Crippen molar-refractivity contribution in [3.05, 3.63) is 47.5 Å². The molecule has 6 nitrogen and oxygen atoms in total. The normalized spacial score (nSPS) is 18.6. The van der Waals surface area contributed by atoms with Crippen LogP contribution in [0.4, 0.5) is 0 Å². The highest BCUT2D eigenvalue weighted by Crippen LogP contribution is 2.31. The van der Waals surface area contributed by atoms with Crippen LogP contribution in [0.2, 0.25) is 0 Å². The zero-order valence-electron chi connectivity index (χ0n) is 13.9. The SMILES string of the molecule is C[C@@H](C(=O)N1CCOCC1)N1C(=O)c2cccc3cccc(c23)C1=O. The van der Waals surface area contributed by atoms with E-state index in [4.69, 9.17) is 4.74 Å². The second kappa shape index (κ2) is 5.97. The van der Waals surface area contributed by atoms with Crippen molar-refractivity contribution in [1.82, 2.24) is 9.80 Å². The van der Waals surface area contributed by atoms with Gasteiger partial charge in [0.05, 0.1) is 13.2 Å². The molecule has 1 fully saturated rings. The molecule has 1 atom stereocenters. The maximum atomic E-state index is 13.0. The van der Waals surface area contributed by atoms with E-state index in [9.17, 15) is 14.4 Å². The molecule has 2 aliphatic heterocycles. The molecule has 0 aliphatic carbocycles. The number of carbonyl (C=O) groups is 3. The first kappa shape index (κ1) is 15.8. The minimum absolute atomic E-state index is 0.225. The fourth-order valence-electron chi connectivity index (χ4n) is 3.56. The van der Waals surface area contributed by atoms with Gasteiger partial charge in [-0.3, -0.25) is 19.3 Å². The van der Waals surface area contributed by atoms with Crippen LogP contribution < -0.4 is 0 Å². The van der Waals surface area contributed by atoms with Crippen molar-refractivity contribution in [1.29, 1.82) is 0 Å². The van der Waals surface area contributed by atoms with E-state index >= 15 is 0 Å². The molecule has 3 amide bonds. The summed E-state index contributed by atoms with van der Waals surface area (Å²) in [6, 6.07) is 9.91. The monoisotopic (exact) mass is 338 g/mol. The van der Waals surface area contributed by atoms with E-state index in [1.54, 1.807) is 36.1 Å². The molecule has 2 heterocycles. The van der Waals surface area contributed by atoms with E-state index in [-0.39, 0.29) is 5.91 Å². The summed E-state index contributed by atoms with van der Waals surface area (Å²) in [5.41, 5.74) is 0.934. The predicted molar refractivity (Wildman–Crippen MR) is 91.3 cm³/mol. The fourth-order valence-corrected chi connectivity index (χ4v) is 3.56. The Hall–Kier alpha value is -2.73. The maximum Gasteiger partial charge on any atom is 0.262 e. The summed E-state index contributed by atoms with van der Waals surface area (Å²) in [4.78, 5) is 41.4. The molecule has 1 saturated heterocycles. The van der Waals surface area contributed by atoms with Gasteiger partial charge in [0, 0.05) is 29.6 Å². The molecule has 0 spiro atoms. The number of carbonyl (C=O) groups excluding carboxylic acids is 3. The van der Waals surface area contributed by atoms with Gasteiger partial charge in [-0.1, -0.05) is 24.3 Å². The second-order valence-electron chi connectivity index (χ2n) is 6.30. The molecule has 25 heavy (non-hydrogen) atoms. The van der Waals surface area contributed by atoms with E-state index in [2.05, 4.69) is 0 Å². The van der Waals surface area contributed by atoms with E-state index in [1.807, 2.05) is 12.1 Å². The Morgan fingerprint density at radius 1 is 1.00 bits per heavy atom. The van der Waals surface area contributed by atoms with Crippen LogP contribution in [-0.2, 0) is 9.53 Å². The van der Waals surface area contributed by atoms with E-state index in [0.717, 1.165) is 10.3 Å². The van der Waals surface area contributed by atoms with Gasteiger partial charge in [-0.2, -0.15) is 0 Å². The van der Waals surface area contributed by atoms with Crippen LogP contribution in [0, 0.1) is 0 Å². The summed E-state index contributed by atoms with van der Waals surface area (Å²) in [6.45, 7) is 3.52. The number of hydrogen-bond donors (Lipinski definition) is 0. The zero-order valence-corrected chi connectivity index (χ0v) is 13.9. The number of hydrogen-bond acceptors (Lipinski definition) is 4. The molecule has 0 N–H and O–H groups in total. The minimum Gasteiger partial charge on any atom is -0.378 e. The number of rotatable bonds is 2. The largest absolute Gasteiger partial charge is 0.378 e. The fraction of sp³-hybridized carbons (Fsp3) is 0.316. The summed E-state index contributed by atoms with van der Waals surface area (Å²) in [5, 5.41) is 1.52. The highest BCUT2D eigenvalue weighted by Gasteiger charge is 2.39. The van der Waals surface area contributed by atoms with Crippen molar-refractivity contribution in [2.45, 2.75) is 13.0 Å². The first-order valence-corrected chi connectivity index (χ1v) is 8.36. The van der Waals surface area contributed by atoms with Crippen LogP contribution in [0.1, 0.15) is 27.6 Å². The van der Waals surface area contributed by atoms with E-state index < -0.39 is 17.9 Å². The molecular weight excluding hydrogens is 320 g/mol. The van der Waals surface area contributed by atoms with Gasteiger partial charge in [-0.15, -0.1) is 0 Å². The number of amides is 3. The lowest BCUT2D eigenvalue weighted by Crippen LogP contribution is -2.55. The Kier molecular flexibility index (Phi) is 3.77. The molecule has 4 rings (SSSR count). The van der Waals surface area contributed by atoms with Gasteiger partial charge in [0.1, 0.15) is 6.04 Å². The Morgan fingerprint density at radius 2 is 1.56 bits per heavy atom. The van der Waals surface area contributed by atoms with Gasteiger partial charge in [-0.25, -0.2) is 0 Å². The number of imide groups is 1. The Balaban J connectivity index is 1.73. The quantitative estimate of drug-likeness (QED) is 0.782. The highest BCUT2D eigenvalue weighted by atomic mass is 16.5. The second-order valence-corrected chi connectivity index (χ2v) is 6.30. The third-order valence-corrected chi connectivity index (χ3v) is 4.87. The van der Waals surface area contributed by atoms with Crippen LogP contribution in [0.5, 0.6) is 0 Å². The molecule has 2 aromatic rings. The predicted octanol–water partition coefficient (Wildman–Crippen LogP) is 1.68. The van der Waals surface area contributed by atoms with Crippen molar-refractivity contribution in [2.75, 3.05) is 26.3 Å². The first-order chi connectivity index (χ1) is 12.1. The van der Waals surface area contributed by atoms with E-state index in [0.29, 0.717) is 42.8 Å². The summed E-state index contributed by atoms with van der Waals surface area (Å²) < 4.78 is 5.26. The lowest BCUT2D eigenvalue weighted by atomic mass is 9.93. The lowest BCUT2D eigenvalue weighted by Gasteiger charge is -2.35. The van der Waals surface area contributed by atoms with Gasteiger partial charge in [0.15, 0.2) is 0 Å². The van der Waals surface area contributed by atoms with Crippen LogP contribution in [-0.4, -0.2) is 59.9 Å². The lowest BCUT2D eigenvalue weighted by molar-refractivity contribution is -0.139. The summed E-state index contributed by atoms with van der Waals surface area (Å²) in [5.74, 6) is -1.05. The van der Waals surface area contributed by atoms with Gasteiger partial charge in [-0.05, 0) is 24.4 Å². The smallest absolute Gasteiger partial charge is 0.262 e. The van der Waals surface area contributed by atoms with Crippen molar-refractivity contribution in [3.8, 4) is 0 Å². The van der Waals surface area contributed by atoms with Gasteiger partial charge in [0.2, 0.25) is 5.91 Å². The molecule has 6 heteroatoms. The van der Waals surface area contributed by atoms with Crippen molar-refractivity contribution in [2.24, 2.45) is 0 Å². The minimum atomic E-state index is -0.846. The van der Waals surface area contributed by atoms with Crippen LogP contribution in [0.15, 0.2) is 36.4 Å². The van der Waals surface area contributed by atoms with Crippen LogP contribution >= 0.6 is 0 Å². The van der Waals surface area contributed by atoms with Gasteiger partial charge in [0.25, 0.3) is 11.8 Å². The zero-order chi connectivity index (χ0) is 17.6. The molecular formula is C19H18N2O4. The van der Waals surface area contributed by atoms with Crippen LogP contribution in [0.3, 0.4) is 0 Å². The van der Waals surface area contributed by atoms with E-state index in [1.165, 1.54) is 0 Å². The molecule has 0 aromatic heterocycles. The maximum absolute atomic E-state index is 13.0. The van der Waals surface area contributed by atoms with Crippen LogP contribution in [0.25, 0.3) is 10.8 Å². The standard InChI is InChI=1S/C19H18N2O4/c1-12(17(22)20-8-10-25-11-9-20)21-18(23)14-6-2-4-13-5-3-7-15(16(13)14)19(21)24/h2-7,12H,8-11H2,1H3/t12-/m0/s1. The van der Waals surface area contributed by atoms with Gasteiger partial charge < -0.3 is 9.64 Å². The summed E-state index contributed by atoms with van der Waals surface area (Å²) in [6.07, 6.45) is 0. The van der Waals surface area contributed by atoms with Crippen molar-refractivity contribution < 1.29 is 19.1 Å². The Labute approximate surface area is 145 Å². The summed E-state index contributed by atoms with van der Waals surface area (Å²) >= 11 is 0.